The van der Waals surface area contributed by atoms with Crippen molar-refractivity contribution in [3.05, 3.63) is 48.8 Å². The molecule has 0 fully saturated rings. The Morgan fingerprint density at radius 3 is 2.67 bits per heavy atom. The molecule has 0 atom stereocenters. The highest BCUT2D eigenvalue weighted by Gasteiger charge is 2.09. The van der Waals surface area contributed by atoms with E-state index in [-0.39, 0.29) is 0 Å². The summed E-state index contributed by atoms with van der Waals surface area (Å²) in [5.41, 5.74) is 8.65. The van der Waals surface area contributed by atoms with Gasteiger partial charge in [-0.05, 0) is 6.42 Å². The zero-order valence-corrected chi connectivity index (χ0v) is 11.9. The normalized spacial score (nSPS) is 10.7. The predicted molar refractivity (Wildman–Crippen MR) is 83.4 cm³/mol. The Kier molecular flexibility index (Phi) is 3.64. The van der Waals surface area contributed by atoms with E-state index in [9.17, 15) is 0 Å². The van der Waals surface area contributed by atoms with Crippen molar-refractivity contribution in [2.45, 2.75) is 19.9 Å². The molecule has 0 bridgehead atoms. The minimum atomic E-state index is 0.460. The summed E-state index contributed by atoms with van der Waals surface area (Å²) in [6.07, 6.45) is 4.76. The minimum Gasteiger partial charge on any atom is -0.384 e. The SMILES string of the molecule is CCCn1cc(-c2nc(N)cc(-c3ccccc3)n2)cn1. The lowest BCUT2D eigenvalue weighted by Crippen LogP contribution is -1.98. The summed E-state index contributed by atoms with van der Waals surface area (Å²) in [6, 6.07) is 11.7. The highest BCUT2D eigenvalue weighted by atomic mass is 15.3. The molecule has 2 aromatic heterocycles. The first-order chi connectivity index (χ1) is 10.3. The van der Waals surface area contributed by atoms with Crippen LogP contribution in [0.1, 0.15) is 13.3 Å². The predicted octanol–water partition coefficient (Wildman–Crippen LogP) is 3.00. The van der Waals surface area contributed by atoms with E-state index in [1.165, 1.54) is 0 Å². The molecule has 3 rings (SSSR count). The minimum absolute atomic E-state index is 0.460. The van der Waals surface area contributed by atoms with Gasteiger partial charge >= 0.3 is 0 Å². The van der Waals surface area contributed by atoms with Crippen molar-refractivity contribution < 1.29 is 0 Å². The van der Waals surface area contributed by atoms with Crippen LogP contribution in [0.4, 0.5) is 5.82 Å². The van der Waals surface area contributed by atoms with Crippen molar-refractivity contribution in [2.75, 3.05) is 5.73 Å². The van der Waals surface area contributed by atoms with Gasteiger partial charge in [-0.3, -0.25) is 4.68 Å². The average Bonchev–Trinajstić information content (AvgIpc) is 2.97. The van der Waals surface area contributed by atoms with Gasteiger partial charge in [-0.1, -0.05) is 37.3 Å². The van der Waals surface area contributed by atoms with Gasteiger partial charge in [0.2, 0.25) is 0 Å². The second-order valence-electron chi connectivity index (χ2n) is 4.86. The zero-order chi connectivity index (χ0) is 14.7. The van der Waals surface area contributed by atoms with Crippen LogP contribution in [0.15, 0.2) is 48.8 Å². The van der Waals surface area contributed by atoms with E-state index >= 15 is 0 Å². The number of nitrogens with two attached hydrogens (primary N) is 1. The first kappa shape index (κ1) is 13.3. The van der Waals surface area contributed by atoms with E-state index < -0.39 is 0 Å². The molecular weight excluding hydrogens is 262 g/mol. The summed E-state index contributed by atoms with van der Waals surface area (Å²) in [4.78, 5) is 8.92. The van der Waals surface area contributed by atoms with Crippen molar-refractivity contribution in [2.24, 2.45) is 0 Å². The lowest BCUT2D eigenvalue weighted by molar-refractivity contribution is 0.603. The van der Waals surface area contributed by atoms with Gasteiger partial charge in [0, 0.05) is 24.4 Å². The maximum atomic E-state index is 5.92. The van der Waals surface area contributed by atoms with Crippen LogP contribution in [0.2, 0.25) is 0 Å². The molecule has 5 heteroatoms. The zero-order valence-electron chi connectivity index (χ0n) is 11.9. The fourth-order valence-electron chi connectivity index (χ4n) is 2.18. The maximum Gasteiger partial charge on any atom is 0.165 e. The standard InChI is InChI=1S/C16H17N5/c1-2-8-21-11-13(10-18-21)16-19-14(9-15(17)20-16)12-6-4-3-5-7-12/h3-7,9-11H,2,8H2,1H3,(H2,17,19,20). The molecule has 3 aromatic rings. The molecule has 106 valence electrons. The molecule has 0 aliphatic rings. The second-order valence-corrected chi connectivity index (χ2v) is 4.86. The molecule has 1 aromatic carbocycles. The van der Waals surface area contributed by atoms with Gasteiger partial charge in [-0.2, -0.15) is 5.10 Å². The van der Waals surface area contributed by atoms with Gasteiger partial charge in [0.25, 0.3) is 0 Å². The van der Waals surface area contributed by atoms with Gasteiger partial charge < -0.3 is 5.73 Å². The van der Waals surface area contributed by atoms with Crippen molar-refractivity contribution in [1.82, 2.24) is 19.7 Å². The maximum absolute atomic E-state index is 5.92. The highest BCUT2D eigenvalue weighted by molar-refractivity contribution is 5.66. The molecule has 2 N–H and O–H groups in total. The molecule has 0 spiro atoms. The Bertz CT molecular complexity index is 733. The second kappa shape index (κ2) is 5.75. The van der Waals surface area contributed by atoms with Crippen molar-refractivity contribution in [3.8, 4) is 22.6 Å². The van der Waals surface area contributed by atoms with E-state index in [2.05, 4.69) is 22.0 Å². The quantitative estimate of drug-likeness (QED) is 0.797. The number of anilines is 1. The third kappa shape index (κ3) is 2.91. The van der Waals surface area contributed by atoms with Crippen LogP contribution < -0.4 is 5.73 Å². The molecule has 2 heterocycles. The van der Waals surface area contributed by atoms with Crippen LogP contribution in [0, 0.1) is 0 Å². The molecule has 5 nitrogen and oxygen atoms in total. The number of hydrogen-bond donors (Lipinski definition) is 1. The monoisotopic (exact) mass is 279 g/mol. The van der Waals surface area contributed by atoms with Crippen molar-refractivity contribution in [3.63, 3.8) is 0 Å². The summed E-state index contributed by atoms with van der Waals surface area (Å²) in [6.45, 7) is 3.00. The summed E-state index contributed by atoms with van der Waals surface area (Å²) in [5.74, 6) is 1.07. The van der Waals surface area contributed by atoms with Crippen LogP contribution in [0.5, 0.6) is 0 Å². The van der Waals surface area contributed by atoms with Crippen molar-refractivity contribution >= 4 is 5.82 Å². The van der Waals surface area contributed by atoms with E-state index in [4.69, 9.17) is 5.73 Å². The Morgan fingerprint density at radius 2 is 1.90 bits per heavy atom. The Morgan fingerprint density at radius 1 is 1.10 bits per heavy atom. The van der Waals surface area contributed by atoms with Gasteiger partial charge in [-0.15, -0.1) is 0 Å². The molecule has 0 saturated heterocycles. The number of aryl methyl sites for hydroxylation is 1. The summed E-state index contributed by atoms with van der Waals surface area (Å²) < 4.78 is 1.89. The van der Waals surface area contributed by atoms with Crippen LogP contribution >= 0.6 is 0 Å². The Balaban J connectivity index is 2.01. The number of benzene rings is 1. The van der Waals surface area contributed by atoms with Gasteiger partial charge in [0.15, 0.2) is 5.82 Å². The van der Waals surface area contributed by atoms with Crippen LogP contribution in [0.25, 0.3) is 22.6 Å². The third-order valence-corrected chi connectivity index (χ3v) is 3.16. The number of rotatable bonds is 4. The van der Waals surface area contributed by atoms with E-state index in [1.807, 2.05) is 41.2 Å². The Labute approximate surface area is 123 Å². The van der Waals surface area contributed by atoms with E-state index in [0.29, 0.717) is 11.6 Å². The first-order valence-electron chi connectivity index (χ1n) is 6.99. The number of nitrogens with zero attached hydrogens (tertiary/aromatic N) is 4. The van der Waals surface area contributed by atoms with Gasteiger partial charge in [0.1, 0.15) is 5.82 Å². The molecular formula is C16H17N5. The third-order valence-electron chi connectivity index (χ3n) is 3.16. The summed E-state index contributed by atoms with van der Waals surface area (Å²) >= 11 is 0. The summed E-state index contributed by atoms with van der Waals surface area (Å²) in [7, 11) is 0. The topological polar surface area (TPSA) is 69.6 Å². The van der Waals surface area contributed by atoms with Crippen LogP contribution in [-0.2, 0) is 6.54 Å². The average molecular weight is 279 g/mol. The van der Waals surface area contributed by atoms with E-state index in [0.717, 1.165) is 29.8 Å². The number of aromatic nitrogens is 4. The Hall–Kier alpha value is -2.69. The largest absolute Gasteiger partial charge is 0.384 e. The van der Waals surface area contributed by atoms with Gasteiger partial charge in [0.05, 0.1) is 17.5 Å². The molecule has 0 aliphatic carbocycles. The number of nitrogen functional groups attached to an aromatic ring is 1. The highest BCUT2D eigenvalue weighted by Crippen LogP contribution is 2.22. The summed E-state index contributed by atoms with van der Waals surface area (Å²) in [5, 5.41) is 4.31. The lowest BCUT2D eigenvalue weighted by Gasteiger charge is -2.04. The molecule has 0 saturated carbocycles. The molecule has 0 amide bonds. The molecule has 0 radical (unpaired) electrons. The van der Waals surface area contributed by atoms with Crippen molar-refractivity contribution in [1.29, 1.82) is 0 Å². The van der Waals surface area contributed by atoms with Gasteiger partial charge in [-0.25, -0.2) is 9.97 Å². The van der Waals surface area contributed by atoms with Crippen LogP contribution in [0.3, 0.4) is 0 Å². The molecule has 0 unspecified atom stereocenters. The first-order valence-corrected chi connectivity index (χ1v) is 6.99. The fraction of sp³-hybridized carbons (Fsp3) is 0.188. The van der Waals surface area contributed by atoms with E-state index in [1.54, 1.807) is 12.3 Å². The fourth-order valence-corrected chi connectivity index (χ4v) is 2.18. The molecule has 0 aliphatic heterocycles. The number of hydrogen-bond acceptors (Lipinski definition) is 4. The smallest absolute Gasteiger partial charge is 0.165 e. The van der Waals surface area contributed by atoms with Crippen LogP contribution in [-0.4, -0.2) is 19.7 Å². The molecule has 21 heavy (non-hydrogen) atoms. The lowest BCUT2D eigenvalue weighted by atomic mass is 10.1.